The molecular weight excluding hydrogens is 380 g/mol. The maximum atomic E-state index is 13.9. The average molecular weight is 395 g/mol. The van der Waals surface area contributed by atoms with Crippen molar-refractivity contribution < 1.29 is 33.4 Å². The van der Waals surface area contributed by atoms with Crippen LogP contribution >= 0.6 is 11.8 Å². The molecule has 0 bridgehead atoms. The molecule has 1 amide bonds. The fraction of sp³-hybridized carbons (Fsp3) is 0.167. The van der Waals surface area contributed by atoms with Gasteiger partial charge in [-0.25, -0.2) is 13.6 Å². The van der Waals surface area contributed by atoms with E-state index in [1.807, 2.05) is 0 Å². The zero-order valence-electron chi connectivity index (χ0n) is 14.0. The quantitative estimate of drug-likeness (QED) is 0.695. The molecule has 0 aliphatic carbocycles. The van der Waals surface area contributed by atoms with Gasteiger partial charge in [0.05, 0.1) is 5.56 Å². The summed E-state index contributed by atoms with van der Waals surface area (Å²) in [5.41, 5.74) is 0.121. The second-order valence-electron chi connectivity index (χ2n) is 5.55. The number of rotatable bonds is 6. The number of carbonyl (C=O) groups excluding carboxylic acids is 2. The first kappa shape index (κ1) is 20.4. The van der Waals surface area contributed by atoms with Gasteiger partial charge in [0.15, 0.2) is 0 Å². The number of halogens is 2. The maximum Gasteiger partial charge on any atom is 0.327 e. The summed E-state index contributed by atoms with van der Waals surface area (Å²) < 4.78 is 27.0. The molecule has 9 heteroatoms. The Morgan fingerprint density at radius 1 is 1.15 bits per heavy atom. The number of benzene rings is 2. The summed E-state index contributed by atoms with van der Waals surface area (Å²) >= 11 is 0.584. The molecule has 2 aromatic rings. The predicted molar refractivity (Wildman–Crippen MR) is 95.5 cm³/mol. The molecule has 0 aliphatic rings. The molecule has 6 nitrogen and oxygen atoms in total. The Kier molecular flexibility index (Phi) is 6.51. The molecule has 0 radical (unpaired) electrons. The Balaban J connectivity index is 2.23. The number of nitrogens with one attached hydrogen (secondary N) is 1. The maximum absolute atomic E-state index is 13.9. The Morgan fingerprint density at radius 3 is 2.44 bits per heavy atom. The van der Waals surface area contributed by atoms with Gasteiger partial charge < -0.3 is 15.5 Å². The lowest BCUT2D eigenvalue weighted by atomic mass is 10.0. The lowest BCUT2D eigenvalue weighted by Crippen LogP contribution is -2.41. The van der Waals surface area contributed by atoms with Crippen molar-refractivity contribution in [2.75, 3.05) is 5.75 Å². The van der Waals surface area contributed by atoms with Crippen molar-refractivity contribution in [1.29, 1.82) is 0 Å². The van der Waals surface area contributed by atoms with E-state index in [0.717, 1.165) is 13.0 Å². The summed E-state index contributed by atoms with van der Waals surface area (Å²) in [6, 6.07) is 5.47. The van der Waals surface area contributed by atoms with Crippen LogP contribution in [0.4, 0.5) is 8.78 Å². The van der Waals surface area contributed by atoms with E-state index in [0.29, 0.717) is 17.8 Å². The van der Waals surface area contributed by atoms with E-state index in [4.69, 9.17) is 5.11 Å². The number of hydrogen-bond acceptors (Lipinski definition) is 5. The monoisotopic (exact) mass is 395 g/mol. The van der Waals surface area contributed by atoms with Gasteiger partial charge in [-0.1, -0.05) is 17.8 Å². The standard InChI is InChI=1S/C18H15F2NO5S/c1-9(22)21-15(17(24)25)8-27-18(26)13-6-10(2-5-16(13)23)12-4-3-11(19)7-14(12)20/h2-7,15,23H,8H2,1H3,(H,21,22)(H,24,25)/t15-/m0/s1. The summed E-state index contributed by atoms with van der Waals surface area (Å²) in [6.07, 6.45) is 0. The number of phenolic OH excluding ortho intramolecular Hbond substituents is 1. The Bertz CT molecular complexity index is 903. The van der Waals surface area contributed by atoms with E-state index < -0.39 is 34.7 Å². The zero-order valence-corrected chi connectivity index (χ0v) is 14.8. The summed E-state index contributed by atoms with van der Waals surface area (Å²) in [4.78, 5) is 34.5. The zero-order chi connectivity index (χ0) is 20.1. The molecule has 0 saturated carbocycles. The Hall–Kier alpha value is -2.94. The highest BCUT2D eigenvalue weighted by atomic mass is 32.2. The van der Waals surface area contributed by atoms with Crippen molar-refractivity contribution in [2.24, 2.45) is 0 Å². The van der Waals surface area contributed by atoms with Gasteiger partial charge in [0.25, 0.3) is 0 Å². The highest BCUT2D eigenvalue weighted by molar-refractivity contribution is 8.14. The van der Waals surface area contributed by atoms with E-state index in [2.05, 4.69) is 5.32 Å². The average Bonchev–Trinajstić information content (AvgIpc) is 2.58. The second-order valence-corrected chi connectivity index (χ2v) is 6.54. The summed E-state index contributed by atoms with van der Waals surface area (Å²) in [7, 11) is 0. The minimum atomic E-state index is -1.31. The second kappa shape index (κ2) is 8.63. The molecule has 0 unspecified atom stereocenters. The lowest BCUT2D eigenvalue weighted by molar-refractivity contribution is -0.140. The minimum Gasteiger partial charge on any atom is -0.507 e. The van der Waals surface area contributed by atoms with Gasteiger partial charge >= 0.3 is 5.97 Å². The van der Waals surface area contributed by atoms with E-state index >= 15 is 0 Å². The van der Waals surface area contributed by atoms with Crippen molar-refractivity contribution in [3.8, 4) is 16.9 Å². The van der Waals surface area contributed by atoms with Gasteiger partial charge in [-0.2, -0.15) is 0 Å². The van der Waals surface area contributed by atoms with Crippen molar-refractivity contribution >= 4 is 28.8 Å². The highest BCUT2D eigenvalue weighted by Crippen LogP contribution is 2.30. The number of phenols is 1. The van der Waals surface area contributed by atoms with Crippen LogP contribution in [0.1, 0.15) is 17.3 Å². The summed E-state index contributed by atoms with van der Waals surface area (Å²) in [5.74, 6) is -4.08. The van der Waals surface area contributed by atoms with Crippen molar-refractivity contribution in [1.82, 2.24) is 5.32 Å². The first-order valence-electron chi connectivity index (χ1n) is 7.64. The molecule has 0 heterocycles. The number of aromatic hydroxyl groups is 1. The van der Waals surface area contributed by atoms with Crippen LogP contribution in [0.15, 0.2) is 36.4 Å². The number of carboxylic acid groups (broad SMARTS) is 1. The molecule has 27 heavy (non-hydrogen) atoms. The van der Waals surface area contributed by atoms with Gasteiger partial charge in [0, 0.05) is 24.3 Å². The van der Waals surface area contributed by atoms with Crippen LogP contribution in [0.2, 0.25) is 0 Å². The number of carbonyl (C=O) groups is 3. The van der Waals surface area contributed by atoms with Crippen molar-refractivity contribution in [3.63, 3.8) is 0 Å². The topological polar surface area (TPSA) is 104 Å². The number of carboxylic acids is 1. The molecule has 1 atom stereocenters. The third kappa shape index (κ3) is 5.27. The molecule has 3 N–H and O–H groups in total. The molecule has 2 aromatic carbocycles. The minimum absolute atomic E-state index is 0.0390. The molecule has 0 saturated heterocycles. The van der Waals surface area contributed by atoms with E-state index in [-0.39, 0.29) is 28.2 Å². The van der Waals surface area contributed by atoms with E-state index in [1.165, 1.54) is 24.3 Å². The van der Waals surface area contributed by atoms with Crippen LogP contribution < -0.4 is 5.32 Å². The van der Waals surface area contributed by atoms with Crippen LogP contribution in [0.3, 0.4) is 0 Å². The molecule has 2 rings (SSSR count). The fourth-order valence-electron chi connectivity index (χ4n) is 2.25. The summed E-state index contributed by atoms with van der Waals surface area (Å²) in [6.45, 7) is 1.15. The number of aliphatic carboxylic acids is 1. The normalized spacial score (nSPS) is 11.7. The summed E-state index contributed by atoms with van der Waals surface area (Å²) in [5, 5.41) is 20.5. The number of amides is 1. The molecular formula is C18H15F2NO5S. The Labute approximate surface area is 157 Å². The van der Waals surface area contributed by atoms with Gasteiger partial charge in [-0.15, -0.1) is 0 Å². The number of thioether (sulfide) groups is 1. The third-order valence-electron chi connectivity index (χ3n) is 3.52. The third-order valence-corrected chi connectivity index (χ3v) is 4.50. The largest absolute Gasteiger partial charge is 0.507 e. The van der Waals surface area contributed by atoms with Gasteiger partial charge in [0.2, 0.25) is 11.0 Å². The Morgan fingerprint density at radius 2 is 1.85 bits per heavy atom. The van der Waals surface area contributed by atoms with Crippen molar-refractivity contribution in [3.05, 3.63) is 53.6 Å². The van der Waals surface area contributed by atoms with Gasteiger partial charge in [-0.3, -0.25) is 9.59 Å². The molecule has 142 valence electrons. The first-order valence-corrected chi connectivity index (χ1v) is 8.63. The van der Waals surface area contributed by atoms with Crippen molar-refractivity contribution in [2.45, 2.75) is 13.0 Å². The van der Waals surface area contributed by atoms with Crippen LogP contribution in [0.25, 0.3) is 11.1 Å². The smallest absolute Gasteiger partial charge is 0.327 e. The van der Waals surface area contributed by atoms with Crippen LogP contribution in [-0.4, -0.2) is 39.0 Å². The van der Waals surface area contributed by atoms with E-state index in [1.54, 1.807) is 0 Å². The van der Waals surface area contributed by atoms with E-state index in [9.17, 15) is 28.3 Å². The van der Waals surface area contributed by atoms with Crippen LogP contribution in [-0.2, 0) is 9.59 Å². The van der Waals surface area contributed by atoms with Crippen LogP contribution in [0.5, 0.6) is 5.75 Å². The first-order chi connectivity index (χ1) is 12.7. The molecule has 0 fully saturated rings. The SMILES string of the molecule is CC(=O)N[C@@H](CSC(=O)c1cc(-c2ccc(F)cc2F)ccc1O)C(=O)O. The van der Waals surface area contributed by atoms with Gasteiger partial charge in [0.1, 0.15) is 23.4 Å². The molecule has 0 aliphatic heterocycles. The fourth-order valence-corrected chi connectivity index (χ4v) is 3.11. The highest BCUT2D eigenvalue weighted by Gasteiger charge is 2.22. The van der Waals surface area contributed by atoms with Crippen LogP contribution in [0, 0.1) is 11.6 Å². The lowest BCUT2D eigenvalue weighted by Gasteiger charge is -2.13. The molecule has 0 aromatic heterocycles. The predicted octanol–water partition coefficient (Wildman–Crippen LogP) is 2.80. The van der Waals surface area contributed by atoms with Gasteiger partial charge in [-0.05, 0) is 29.8 Å². The molecule has 0 spiro atoms. The number of hydrogen-bond donors (Lipinski definition) is 3.